The van der Waals surface area contributed by atoms with E-state index in [1.807, 2.05) is 53.4 Å². The Bertz CT molecular complexity index is 926. The Hall–Kier alpha value is -2.34. The van der Waals surface area contributed by atoms with Crippen molar-refractivity contribution >= 4 is 27.7 Å². The Morgan fingerprint density at radius 1 is 1.03 bits per heavy atom. The van der Waals surface area contributed by atoms with E-state index in [1.54, 1.807) is 12.0 Å². The fraction of sp³-hybridized carbons (Fsp3) is 0.417. The van der Waals surface area contributed by atoms with E-state index >= 15 is 0 Å². The summed E-state index contributed by atoms with van der Waals surface area (Å²) >= 11 is 3.52. The molecular formula is C24H27BrN2O3. The van der Waals surface area contributed by atoms with Crippen LogP contribution in [0.15, 0.2) is 53.0 Å². The van der Waals surface area contributed by atoms with E-state index in [1.165, 1.54) is 6.42 Å². The van der Waals surface area contributed by atoms with Crippen LogP contribution in [0.3, 0.4) is 0 Å². The first-order chi connectivity index (χ1) is 14.6. The van der Waals surface area contributed by atoms with E-state index in [-0.39, 0.29) is 24.4 Å². The molecule has 1 saturated carbocycles. The van der Waals surface area contributed by atoms with Gasteiger partial charge in [0.1, 0.15) is 18.3 Å². The van der Waals surface area contributed by atoms with Gasteiger partial charge in [0.25, 0.3) is 5.91 Å². The summed E-state index contributed by atoms with van der Waals surface area (Å²) in [6.07, 6.45) is 5.42. The van der Waals surface area contributed by atoms with Gasteiger partial charge in [0.15, 0.2) is 0 Å². The molecule has 2 fully saturated rings. The number of benzene rings is 2. The van der Waals surface area contributed by atoms with Crippen LogP contribution in [-0.4, -0.2) is 41.3 Å². The Morgan fingerprint density at radius 3 is 2.53 bits per heavy atom. The SMILES string of the molecule is COc1ccccc1CN1C(=O)CN(C2CCCCC2)C(=O)[C@H]1c1cccc(Br)c1. The molecule has 1 saturated heterocycles. The number of para-hydroxylation sites is 1. The number of rotatable bonds is 5. The summed E-state index contributed by atoms with van der Waals surface area (Å²) in [5.41, 5.74) is 1.73. The highest BCUT2D eigenvalue weighted by molar-refractivity contribution is 9.10. The van der Waals surface area contributed by atoms with Crippen LogP contribution in [0.2, 0.25) is 0 Å². The number of nitrogens with zero attached hydrogens (tertiary/aromatic N) is 2. The lowest BCUT2D eigenvalue weighted by Crippen LogP contribution is -2.58. The van der Waals surface area contributed by atoms with Crippen molar-refractivity contribution < 1.29 is 14.3 Å². The summed E-state index contributed by atoms with van der Waals surface area (Å²) in [6, 6.07) is 14.9. The number of ether oxygens (including phenoxy) is 1. The molecule has 2 aromatic rings. The molecule has 0 radical (unpaired) electrons. The second-order valence-corrected chi connectivity index (χ2v) is 8.96. The first kappa shape index (κ1) is 20.9. The van der Waals surface area contributed by atoms with Crippen molar-refractivity contribution in [2.24, 2.45) is 0 Å². The van der Waals surface area contributed by atoms with Crippen molar-refractivity contribution in [1.29, 1.82) is 0 Å². The summed E-state index contributed by atoms with van der Waals surface area (Å²) in [7, 11) is 1.62. The number of amides is 2. The maximum absolute atomic E-state index is 13.7. The smallest absolute Gasteiger partial charge is 0.250 e. The molecule has 0 spiro atoms. The first-order valence-electron chi connectivity index (χ1n) is 10.6. The van der Waals surface area contributed by atoms with Crippen LogP contribution < -0.4 is 4.74 Å². The lowest BCUT2D eigenvalue weighted by atomic mass is 9.91. The van der Waals surface area contributed by atoms with Crippen LogP contribution >= 0.6 is 15.9 Å². The van der Waals surface area contributed by atoms with E-state index in [4.69, 9.17) is 4.74 Å². The van der Waals surface area contributed by atoms with Crippen molar-refractivity contribution in [1.82, 2.24) is 9.80 Å². The van der Waals surface area contributed by atoms with E-state index in [9.17, 15) is 9.59 Å². The third-order valence-corrected chi connectivity index (χ3v) is 6.66. The van der Waals surface area contributed by atoms with Crippen LogP contribution in [0, 0.1) is 0 Å². The minimum absolute atomic E-state index is 0.0175. The van der Waals surface area contributed by atoms with Crippen LogP contribution in [0.1, 0.15) is 49.3 Å². The van der Waals surface area contributed by atoms with Crippen molar-refractivity contribution in [3.63, 3.8) is 0 Å². The van der Waals surface area contributed by atoms with Crippen molar-refractivity contribution in [2.45, 2.75) is 50.7 Å². The molecular weight excluding hydrogens is 444 g/mol. The molecule has 4 rings (SSSR count). The quantitative estimate of drug-likeness (QED) is 0.635. The van der Waals surface area contributed by atoms with Gasteiger partial charge in [0.2, 0.25) is 5.91 Å². The van der Waals surface area contributed by atoms with Gasteiger partial charge in [-0.05, 0) is 36.6 Å². The van der Waals surface area contributed by atoms with Gasteiger partial charge in [0.05, 0.1) is 13.7 Å². The van der Waals surface area contributed by atoms with E-state index < -0.39 is 6.04 Å². The van der Waals surface area contributed by atoms with Gasteiger partial charge < -0.3 is 14.5 Å². The summed E-state index contributed by atoms with van der Waals surface area (Å²) in [5.74, 6) is 0.728. The van der Waals surface area contributed by atoms with Gasteiger partial charge in [-0.2, -0.15) is 0 Å². The minimum Gasteiger partial charge on any atom is -0.496 e. The minimum atomic E-state index is -0.629. The monoisotopic (exact) mass is 470 g/mol. The fourth-order valence-corrected chi connectivity index (χ4v) is 5.06. The third kappa shape index (κ3) is 4.24. The zero-order chi connectivity index (χ0) is 21.1. The van der Waals surface area contributed by atoms with E-state index in [2.05, 4.69) is 15.9 Å². The Morgan fingerprint density at radius 2 is 1.80 bits per heavy atom. The molecule has 0 bridgehead atoms. The van der Waals surface area contributed by atoms with Gasteiger partial charge in [-0.15, -0.1) is 0 Å². The van der Waals surface area contributed by atoms with E-state index in [0.717, 1.165) is 47.0 Å². The molecule has 6 heteroatoms. The van der Waals surface area contributed by atoms with Gasteiger partial charge in [0, 0.05) is 16.1 Å². The highest BCUT2D eigenvalue weighted by atomic mass is 79.9. The van der Waals surface area contributed by atoms with Gasteiger partial charge in [-0.1, -0.05) is 65.5 Å². The zero-order valence-electron chi connectivity index (χ0n) is 17.2. The second kappa shape index (κ2) is 9.21. The first-order valence-corrected chi connectivity index (χ1v) is 11.3. The fourth-order valence-electron chi connectivity index (χ4n) is 4.65. The van der Waals surface area contributed by atoms with Gasteiger partial charge in [-0.25, -0.2) is 0 Å². The predicted octanol–water partition coefficient (Wildman–Crippen LogP) is 4.70. The van der Waals surface area contributed by atoms with Crippen LogP contribution in [0.25, 0.3) is 0 Å². The van der Waals surface area contributed by atoms with Crippen molar-refractivity contribution in [3.05, 3.63) is 64.1 Å². The molecule has 1 atom stereocenters. The highest BCUT2D eigenvalue weighted by Crippen LogP contribution is 2.35. The largest absolute Gasteiger partial charge is 0.496 e. The summed E-state index contributed by atoms with van der Waals surface area (Å²) < 4.78 is 6.38. The molecule has 2 aromatic carbocycles. The third-order valence-electron chi connectivity index (χ3n) is 6.17. The Labute approximate surface area is 186 Å². The average Bonchev–Trinajstić information content (AvgIpc) is 2.77. The number of carbonyl (C=O) groups is 2. The number of piperazine rings is 1. The summed E-state index contributed by atoms with van der Waals surface area (Å²) in [5, 5.41) is 0. The molecule has 0 N–H and O–H groups in total. The molecule has 158 valence electrons. The summed E-state index contributed by atoms with van der Waals surface area (Å²) in [4.78, 5) is 30.6. The number of halogens is 1. The normalized spacial score (nSPS) is 20.5. The Kier molecular flexibility index (Phi) is 6.42. The van der Waals surface area contributed by atoms with Crippen LogP contribution in [0.4, 0.5) is 0 Å². The lowest BCUT2D eigenvalue weighted by molar-refractivity contribution is -0.160. The van der Waals surface area contributed by atoms with Crippen molar-refractivity contribution in [2.75, 3.05) is 13.7 Å². The standard InChI is InChI=1S/C24H27BrN2O3/c1-30-21-13-6-5-8-18(21)15-27-22(28)16-26(20-11-3-2-4-12-20)24(29)23(27)17-9-7-10-19(25)14-17/h5-10,13-14,20,23H,2-4,11-12,15-16H2,1H3/t23-/m1/s1. The van der Waals surface area contributed by atoms with Crippen LogP contribution in [0.5, 0.6) is 5.75 Å². The molecule has 1 aliphatic carbocycles. The average molecular weight is 471 g/mol. The van der Waals surface area contributed by atoms with E-state index in [0.29, 0.717) is 6.54 Å². The molecule has 2 amide bonds. The lowest BCUT2D eigenvalue weighted by Gasteiger charge is -2.44. The van der Waals surface area contributed by atoms with Gasteiger partial charge >= 0.3 is 0 Å². The summed E-state index contributed by atoms with van der Waals surface area (Å²) in [6.45, 7) is 0.493. The zero-order valence-corrected chi connectivity index (χ0v) is 18.8. The van der Waals surface area contributed by atoms with Crippen molar-refractivity contribution in [3.8, 4) is 5.75 Å². The number of hydrogen-bond acceptors (Lipinski definition) is 3. The number of hydrogen-bond donors (Lipinski definition) is 0. The maximum atomic E-state index is 13.7. The van der Waals surface area contributed by atoms with Gasteiger partial charge in [-0.3, -0.25) is 9.59 Å². The Balaban J connectivity index is 1.70. The molecule has 0 unspecified atom stereocenters. The molecule has 2 aliphatic rings. The van der Waals surface area contributed by atoms with Crippen LogP contribution in [-0.2, 0) is 16.1 Å². The number of carbonyl (C=O) groups excluding carboxylic acids is 2. The highest BCUT2D eigenvalue weighted by Gasteiger charge is 2.43. The molecule has 30 heavy (non-hydrogen) atoms. The predicted molar refractivity (Wildman–Crippen MR) is 119 cm³/mol. The number of methoxy groups -OCH3 is 1. The topological polar surface area (TPSA) is 49.9 Å². The second-order valence-electron chi connectivity index (χ2n) is 8.05. The molecule has 1 heterocycles. The molecule has 0 aromatic heterocycles. The molecule has 1 aliphatic heterocycles. The molecule has 5 nitrogen and oxygen atoms in total. The maximum Gasteiger partial charge on any atom is 0.250 e.